The average molecular weight is 248 g/mol. The summed E-state index contributed by atoms with van der Waals surface area (Å²) in [5.74, 6) is -0.00928. The lowest BCUT2D eigenvalue weighted by molar-refractivity contribution is -0.135. The smallest absolute Gasteiger partial charge is 0.242 e. The van der Waals surface area contributed by atoms with Crippen molar-refractivity contribution in [1.29, 1.82) is 0 Å². The van der Waals surface area contributed by atoms with Crippen LogP contribution in [-0.4, -0.2) is 23.4 Å². The fraction of sp³-hybridized carbons (Fsp3) is 0.533. The molecular formula is C15H24N2O. The van der Waals surface area contributed by atoms with Crippen molar-refractivity contribution in [3.05, 3.63) is 34.9 Å². The summed E-state index contributed by atoms with van der Waals surface area (Å²) >= 11 is 0. The maximum absolute atomic E-state index is 12.2. The van der Waals surface area contributed by atoms with E-state index in [1.54, 1.807) is 11.8 Å². The zero-order valence-corrected chi connectivity index (χ0v) is 12.1. The van der Waals surface area contributed by atoms with E-state index in [1.165, 1.54) is 16.7 Å². The molecule has 0 spiro atoms. The van der Waals surface area contributed by atoms with Gasteiger partial charge in [-0.1, -0.05) is 30.7 Å². The highest BCUT2D eigenvalue weighted by molar-refractivity contribution is 5.85. The number of amides is 1. The number of aryl methyl sites for hydroxylation is 2. The third kappa shape index (κ3) is 3.33. The summed E-state index contributed by atoms with van der Waals surface area (Å²) in [5, 5.41) is 0. The van der Waals surface area contributed by atoms with Gasteiger partial charge in [0.25, 0.3) is 0 Å². The van der Waals surface area contributed by atoms with Gasteiger partial charge in [-0.25, -0.2) is 0 Å². The van der Waals surface area contributed by atoms with Gasteiger partial charge in [-0.2, -0.15) is 0 Å². The Hall–Kier alpha value is -1.35. The minimum absolute atomic E-state index is 0.00928. The van der Waals surface area contributed by atoms with E-state index in [1.807, 2.05) is 14.0 Å². The van der Waals surface area contributed by atoms with E-state index in [4.69, 9.17) is 5.73 Å². The molecule has 0 heterocycles. The first-order valence-corrected chi connectivity index (χ1v) is 6.38. The van der Waals surface area contributed by atoms with Gasteiger partial charge in [-0.15, -0.1) is 0 Å². The summed E-state index contributed by atoms with van der Waals surface area (Å²) in [6.07, 6.45) is 0.642. The molecule has 0 saturated heterocycles. The zero-order chi connectivity index (χ0) is 13.9. The summed E-state index contributed by atoms with van der Waals surface area (Å²) in [6.45, 7) is 8.47. The summed E-state index contributed by atoms with van der Waals surface area (Å²) in [7, 11) is 1.81. The Morgan fingerprint density at radius 3 is 2.50 bits per heavy atom. The molecule has 0 bridgehead atoms. The van der Waals surface area contributed by atoms with Crippen LogP contribution >= 0.6 is 0 Å². The molecule has 3 heteroatoms. The third-order valence-corrected chi connectivity index (χ3v) is 3.48. The number of hydrogen-bond donors (Lipinski definition) is 1. The van der Waals surface area contributed by atoms with Gasteiger partial charge in [-0.3, -0.25) is 4.79 Å². The van der Waals surface area contributed by atoms with Gasteiger partial charge in [0, 0.05) is 13.6 Å². The van der Waals surface area contributed by atoms with Crippen LogP contribution in [0, 0.1) is 13.8 Å². The summed E-state index contributed by atoms with van der Waals surface area (Å²) in [4.78, 5) is 13.9. The molecule has 3 nitrogen and oxygen atoms in total. The Morgan fingerprint density at radius 2 is 2.00 bits per heavy atom. The molecule has 1 rings (SSSR count). The summed E-state index contributed by atoms with van der Waals surface area (Å²) in [6, 6.07) is 6.28. The monoisotopic (exact) mass is 248 g/mol. The molecule has 1 amide bonds. The zero-order valence-electron chi connectivity index (χ0n) is 12.1. The van der Waals surface area contributed by atoms with Crippen molar-refractivity contribution >= 4 is 5.91 Å². The average Bonchev–Trinajstić information content (AvgIpc) is 2.31. The first-order valence-electron chi connectivity index (χ1n) is 6.38. The van der Waals surface area contributed by atoms with Crippen LogP contribution in [-0.2, 0) is 11.3 Å². The molecule has 0 aromatic heterocycles. The van der Waals surface area contributed by atoms with Crippen LogP contribution in [0.1, 0.15) is 37.0 Å². The normalized spacial score (nSPS) is 14.1. The molecule has 1 atom stereocenters. The van der Waals surface area contributed by atoms with Crippen LogP contribution in [0.2, 0.25) is 0 Å². The molecule has 0 aliphatic carbocycles. The van der Waals surface area contributed by atoms with Crippen molar-refractivity contribution in [2.24, 2.45) is 5.73 Å². The number of carbonyl (C=O) groups excluding carboxylic acids is 1. The fourth-order valence-electron chi connectivity index (χ4n) is 1.94. The molecule has 100 valence electrons. The van der Waals surface area contributed by atoms with Crippen molar-refractivity contribution in [2.45, 2.75) is 46.2 Å². The maximum Gasteiger partial charge on any atom is 0.242 e. The van der Waals surface area contributed by atoms with E-state index in [0.717, 1.165) is 0 Å². The molecule has 0 aliphatic rings. The maximum atomic E-state index is 12.2. The summed E-state index contributed by atoms with van der Waals surface area (Å²) in [5.41, 5.74) is 8.84. The second-order valence-corrected chi connectivity index (χ2v) is 5.36. The van der Waals surface area contributed by atoms with Gasteiger partial charge in [0.2, 0.25) is 5.91 Å². The molecule has 0 radical (unpaired) electrons. The van der Waals surface area contributed by atoms with Gasteiger partial charge in [0.15, 0.2) is 0 Å². The van der Waals surface area contributed by atoms with Crippen LogP contribution in [0.5, 0.6) is 0 Å². The minimum Gasteiger partial charge on any atom is -0.340 e. The topological polar surface area (TPSA) is 46.3 Å². The molecule has 0 saturated carbocycles. The number of benzene rings is 1. The number of carbonyl (C=O) groups is 1. The van der Waals surface area contributed by atoms with Crippen LogP contribution in [0.25, 0.3) is 0 Å². The quantitative estimate of drug-likeness (QED) is 0.889. The Bertz CT molecular complexity index is 438. The molecule has 0 aliphatic heterocycles. The van der Waals surface area contributed by atoms with Crippen molar-refractivity contribution < 1.29 is 4.79 Å². The van der Waals surface area contributed by atoms with E-state index in [2.05, 4.69) is 32.0 Å². The SMILES string of the molecule is CCC(C)(N)C(=O)N(C)Cc1ccc(C)cc1C. The standard InChI is InChI=1S/C15H24N2O/c1-6-15(4,16)14(18)17(5)10-13-8-7-11(2)9-12(13)3/h7-9H,6,10,16H2,1-5H3. The second-order valence-electron chi connectivity index (χ2n) is 5.36. The predicted octanol–water partition coefficient (Wildman–Crippen LogP) is 2.39. The molecule has 1 unspecified atom stereocenters. The van der Waals surface area contributed by atoms with Crippen LogP contribution in [0.3, 0.4) is 0 Å². The Kier molecular flexibility index (Phi) is 4.52. The highest BCUT2D eigenvalue weighted by atomic mass is 16.2. The molecular weight excluding hydrogens is 224 g/mol. The van der Waals surface area contributed by atoms with E-state index in [9.17, 15) is 4.79 Å². The van der Waals surface area contributed by atoms with E-state index >= 15 is 0 Å². The van der Waals surface area contributed by atoms with Crippen LogP contribution in [0.15, 0.2) is 18.2 Å². The molecule has 0 fully saturated rings. The van der Waals surface area contributed by atoms with E-state index in [0.29, 0.717) is 13.0 Å². The number of hydrogen-bond acceptors (Lipinski definition) is 2. The van der Waals surface area contributed by atoms with E-state index < -0.39 is 5.54 Å². The Morgan fingerprint density at radius 1 is 1.39 bits per heavy atom. The predicted molar refractivity (Wildman–Crippen MR) is 75.3 cm³/mol. The van der Waals surface area contributed by atoms with Crippen molar-refractivity contribution in [3.8, 4) is 0 Å². The number of rotatable bonds is 4. The lowest BCUT2D eigenvalue weighted by Crippen LogP contribution is -2.51. The Labute approximate surface area is 110 Å². The van der Waals surface area contributed by atoms with Gasteiger partial charge in [-0.05, 0) is 38.3 Å². The third-order valence-electron chi connectivity index (χ3n) is 3.48. The second kappa shape index (κ2) is 5.53. The number of likely N-dealkylation sites (N-methyl/N-ethyl adjacent to an activating group) is 1. The Balaban J connectivity index is 2.82. The first kappa shape index (κ1) is 14.7. The minimum atomic E-state index is -0.770. The molecule has 18 heavy (non-hydrogen) atoms. The van der Waals surface area contributed by atoms with Crippen molar-refractivity contribution in [3.63, 3.8) is 0 Å². The summed E-state index contributed by atoms with van der Waals surface area (Å²) < 4.78 is 0. The van der Waals surface area contributed by atoms with Crippen molar-refractivity contribution in [2.75, 3.05) is 7.05 Å². The lowest BCUT2D eigenvalue weighted by atomic mass is 9.98. The van der Waals surface area contributed by atoms with Gasteiger partial charge >= 0.3 is 0 Å². The highest BCUT2D eigenvalue weighted by Gasteiger charge is 2.29. The largest absolute Gasteiger partial charge is 0.340 e. The molecule has 2 N–H and O–H groups in total. The number of nitrogens with zero attached hydrogens (tertiary/aromatic N) is 1. The van der Waals surface area contributed by atoms with E-state index in [-0.39, 0.29) is 5.91 Å². The van der Waals surface area contributed by atoms with Crippen molar-refractivity contribution in [1.82, 2.24) is 4.90 Å². The number of nitrogens with two attached hydrogens (primary N) is 1. The molecule has 1 aromatic rings. The van der Waals surface area contributed by atoms with Crippen LogP contribution in [0.4, 0.5) is 0 Å². The lowest BCUT2D eigenvalue weighted by Gasteiger charge is -2.28. The van der Waals surface area contributed by atoms with Gasteiger partial charge < -0.3 is 10.6 Å². The van der Waals surface area contributed by atoms with Gasteiger partial charge in [0.05, 0.1) is 5.54 Å². The van der Waals surface area contributed by atoms with Crippen LogP contribution < -0.4 is 5.73 Å². The molecule has 1 aromatic carbocycles. The fourth-order valence-corrected chi connectivity index (χ4v) is 1.94. The highest BCUT2D eigenvalue weighted by Crippen LogP contribution is 2.15. The first-order chi connectivity index (χ1) is 8.27. The van der Waals surface area contributed by atoms with Gasteiger partial charge in [0.1, 0.15) is 0 Å².